The standard InChI is InChI=1S/C9H7Cl3INO/c1-14(9(15)4-13)8-3-6(11)5(10)2-7(8)12/h2-3H,4H2,1H3. The van der Waals surface area contributed by atoms with Crippen LogP contribution in [-0.2, 0) is 4.79 Å². The molecule has 2 nitrogen and oxygen atoms in total. The molecule has 0 fully saturated rings. The molecule has 0 saturated heterocycles. The first-order valence-electron chi connectivity index (χ1n) is 3.94. The maximum Gasteiger partial charge on any atom is 0.236 e. The van der Waals surface area contributed by atoms with Crippen molar-refractivity contribution in [2.45, 2.75) is 0 Å². The van der Waals surface area contributed by atoms with Gasteiger partial charge in [-0.3, -0.25) is 4.79 Å². The van der Waals surface area contributed by atoms with Crippen LogP contribution in [0.25, 0.3) is 0 Å². The van der Waals surface area contributed by atoms with Crippen LogP contribution in [0.15, 0.2) is 12.1 Å². The van der Waals surface area contributed by atoms with E-state index in [4.69, 9.17) is 34.8 Å². The highest BCUT2D eigenvalue weighted by molar-refractivity contribution is 14.1. The highest BCUT2D eigenvalue weighted by Crippen LogP contribution is 2.34. The Morgan fingerprint density at radius 1 is 1.27 bits per heavy atom. The van der Waals surface area contributed by atoms with E-state index < -0.39 is 0 Å². The first kappa shape index (κ1) is 13.4. The molecule has 0 heterocycles. The summed E-state index contributed by atoms with van der Waals surface area (Å²) in [7, 11) is 1.65. The Morgan fingerprint density at radius 2 is 1.80 bits per heavy atom. The van der Waals surface area contributed by atoms with E-state index in [0.717, 1.165) is 0 Å². The molecule has 0 aromatic heterocycles. The van der Waals surface area contributed by atoms with Crippen LogP contribution in [0.2, 0.25) is 15.1 Å². The molecule has 0 bridgehead atoms. The Morgan fingerprint density at radius 3 is 2.33 bits per heavy atom. The summed E-state index contributed by atoms with van der Waals surface area (Å²) < 4.78 is 0.380. The van der Waals surface area contributed by atoms with Crippen LogP contribution in [-0.4, -0.2) is 17.4 Å². The molecule has 0 unspecified atom stereocenters. The summed E-state index contributed by atoms with van der Waals surface area (Å²) in [4.78, 5) is 12.9. The maximum absolute atomic E-state index is 11.4. The zero-order valence-corrected chi connectivity index (χ0v) is 12.2. The fourth-order valence-corrected chi connectivity index (χ4v) is 2.17. The van der Waals surface area contributed by atoms with E-state index in [2.05, 4.69) is 0 Å². The lowest BCUT2D eigenvalue weighted by Crippen LogP contribution is -2.27. The van der Waals surface area contributed by atoms with Gasteiger partial charge in [-0.15, -0.1) is 0 Å². The third-order valence-electron chi connectivity index (χ3n) is 1.84. The van der Waals surface area contributed by atoms with E-state index in [0.29, 0.717) is 25.2 Å². The average Bonchev–Trinajstić information content (AvgIpc) is 2.21. The maximum atomic E-state index is 11.4. The Kier molecular flexibility index (Phi) is 4.96. The average molecular weight is 378 g/mol. The largest absolute Gasteiger partial charge is 0.313 e. The molecular weight excluding hydrogens is 371 g/mol. The smallest absolute Gasteiger partial charge is 0.236 e. The van der Waals surface area contributed by atoms with E-state index in [-0.39, 0.29) is 5.91 Å². The Balaban J connectivity index is 3.14. The monoisotopic (exact) mass is 377 g/mol. The van der Waals surface area contributed by atoms with Crippen LogP contribution >= 0.6 is 57.4 Å². The third kappa shape index (κ3) is 3.12. The predicted octanol–water partition coefficient (Wildman–Crippen LogP) is 4.04. The molecule has 0 aliphatic heterocycles. The highest BCUT2D eigenvalue weighted by Gasteiger charge is 2.14. The number of rotatable bonds is 2. The fraction of sp³-hybridized carbons (Fsp3) is 0.222. The molecule has 6 heteroatoms. The molecule has 1 rings (SSSR count). The lowest BCUT2D eigenvalue weighted by Gasteiger charge is -2.18. The van der Waals surface area contributed by atoms with Crippen LogP contribution in [0.5, 0.6) is 0 Å². The normalized spacial score (nSPS) is 10.2. The third-order valence-corrected chi connectivity index (χ3v) is 3.52. The summed E-state index contributed by atoms with van der Waals surface area (Å²) >= 11 is 19.6. The van der Waals surface area contributed by atoms with Gasteiger partial charge in [-0.05, 0) is 12.1 Å². The number of halogens is 4. The minimum absolute atomic E-state index is 0.0455. The molecule has 0 aliphatic rings. The van der Waals surface area contributed by atoms with Gasteiger partial charge in [-0.2, -0.15) is 0 Å². The summed E-state index contributed by atoms with van der Waals surface area (Å²) in [6, 6.07) is 3.11. The minimum Gasteiger partial charge on any atom is -0.313 e. The van der Waals surface area contributed by atoms with E-state index in [9.17, 15) is 4.79 Å². The van der Waals surface area contributed by atoms with Crippen molar-refractivity contribution in [2.75, 3.05) is 16.4 Å². The van der Waals surface area contributed by atoms with Crippen LogP contribution in [0.1, 0.15) is 0 Å². The molecule has 15 heavy (non-hydrogen) atoms. The number of anilines is 1. The van der Waals surface area contributed by atoms with Crippen molar-refractivity contribution >= 4 is 69.0 Å². The zero-order chi connectivity index (χ0) is 11.6. The first-order chi connectivity index (χ1) is 6.97. The number of hydrogen-bond donors (Lipinski definition) is 0. The summed E-state index contributed by atoms with van der Waals surface area (Å²) in [6.45, 7) is 0. The van der Waals surface area contributed by atoms with Crippen LogP contribution < -0.4 is 4.90 Å². The number of carbonyl (C=O) groups excluding carboxylic acids is 1. The van der Waals surface area contributed by atoms with Crippen molar-refractivity contribution in [1.82, 2.24) is 0 Å². The van der Waals surface area contributed by atoms with E-state index in [1.165, 1.54) is 11.0 Å². The zero-order valence-electron chi connectivity index (χ0n) is 7.73. The molecule has 82 valence electrons. The van der Waals surface area contributed by atoms with E-state index in [1.807, 2.05) is 22.6 Å². The summed E-state index contributed by atoms with van der Waals surface area (Å²) in [6.07, 6.45) is 0. The number of hydrogen-bond acceptors (Lipinski definition) is 1. The van der Waals surface area contributed by atoms with Crippen molar-refractivity contribution in [3.05, 3.63) is 27.2 Å². The van der Waals surface area contributed by atoms with Crippen LogP contribution in [0.3, 0.4) is 0 Å². The van der Waals surface area contributed by atoms with Gasteiger partial charge in [0, 0.05) is 7.05 Å². The number of alkyl halides is 1. The summed E-state index contributed by atoms with van der Waals surface area (Å²) in [5.74, 6) is -0.0455. The van der Waals surface area contributed by atoms with Crippen molar-refractivity contribution in [3.8, 4) is 0 Å². The quantitative estimate of drug-likeness (QED) is 0.432. The molecule has 0 aliphatic carbocycles. The van der Waals surface area contributed by atoms with Crippen LogP contribution in [0, 0.1) is 0 Å². The topological polar surface area (TPSA) is 20.3 Å². The Labute approximate surface area is 117 Å². The fourth-order valence-electron chi connectivity index (χ4n) is 0.993. The summed E-state index contributed by atoms with van der Waals surface area (Å²) in [5.41, 5.74) is 0.563. The van der Waals surface area contributed by atoms with Crippen molar-refractivity contribution < 1.29 is 4.79 Å². The molecule has 0 spiro atoms. The van der Waals surface area contributed by atoms with E-state index >= 15 is 0 Å². The number of carbonyl (C=O) groups is 1. The second kappa shape index (κ2) is 5.57. The lowest BCUT2D eigenvalue weighted by molar-refractivity contribution is -0.115. The predicted molar refractivity (Wildman–Crippen MR) is 73.8 cm³/mol. The molecule has 0 radical (unpaired) electrons. The van der Waals surface area contributed by atoms with Gasteiger partial charge in [0.05, 0.1) is 25.2 Å². The van der Waals surface area contributed by atoms with Gasteiger partial charge in [-0.1, -0.05) is 57.4 Å². The van der Waals surface area contributed by atoms with Crippen molar-refractivity contribution in [2.24, 2.45) is 0 Å². The number of nitrogens with zero attached hydrogens (tertiary/aromatic N) is 1. The first-order valence-corrected chi connectivity index (χ1v) is 6.60. The van der Waals surface area contributed by atoms with Gasteiger partial charge in [0.25, 0.3) is 0 Å². The number of benzene rings is 1. The Bertz CT molecular complexity index is 397. The minimum atomic E-state index is -0.0455. The molecule has 1 aromatic carbocycles. The Hall–Kier alpha value is 0.290. The van der Waals surface area contributed by atoms with Crippen molar-refractivity contribution in [1.29, 1.82) is 0 Å². The molecule has 0 atom stereocenters. The summed E-state index contributed by atoms with van der Waals surface area (Å²) in [5, 5.41) is 1.16. The second-order valence-corrected chi connectivity index (χ2v) is 4.79. The SMILES string of the molecule is CN(C(=O)CI)c1cc(Cl)c(Cl)cc1Cl. The van der Waals surface area contributed by atoms with Gasteiger partial charge >= 0.3 is 0 Å². The highest BCUT2D eigenvalue weighted by atomic mass is 127. The molecule has 0 saturated carbocycles. The van der Waals surface area contributed by atoms with E-state index in [1.54, 1.807) is 13.1 Å². The van der Waals surface area contributed by atoms with Gasteiger partial charge in [0.1, 0.15) is 0 Å². The van der Waals surface area contributed by atoms with Gasteiger partial charge in [0.2, 0.25) is 5.91 Å². The molecule has 1 amide bonds. The second-order valence-electron chi connectivity index (χ2n) is 2.80. The van der Waals surface area contributed by atoms with Crippen LogP contribution in [0.4, 0.5) is 5.69 Å². The molecule has 1 aromatic rings. The van der Waals surface area contributed by atoms with Crippen molar-refractivity contribution in [3.63, 3.8) is 0 Å². The lowest BCUT2D eigenvalue weighted by atomic mass is 10.3. The number of amides is 1. The van der Waals surface area contributed by atoms with Gasteiger partial charge in [-0.25, -0.2) is 0 Å². The molecular formula is C9H7Cl3INO. The molecule has 0 N–H and O–H groups in total. The van der Waals surface area contributed by atoms with Gasteiger partial charge in [0.15, 0.2) is 0 Å². The van der Waals surface area contributed by atoms with Gasteiger partial charge < -0.3 is 4.90 Å².